The van der Waals surface area contributed by atoms with E-state index in [0.717, 1.165) is 17.8 Å². The lowest BCUT2D eigenvalue weighted by atomic mass is 9.74. The predicted octanol–water partition coefficient (Wildman–Crippen LogP) is 2.60. The van der Waals surface area contributed by atoms with Crippen molar-refractivity contribution in [1.29, 1.82) is 0 Å². The molecule has 2 rings (SSSR count). The molecule has 0 aromatic carbocycles. The first-order valence-corrected chi connectivity index (χ1v) is 7.42. The molecular weight excluding hydrogens is 208 g/mol. The van der Waals surface area contributed by atoms with E-state index in [4.69, 9.17) is 0 Å². The zero-order valence-corrected chi connectivity index (χ0v) is 12.1. The lowest BCUT2D eigenvalue weighted by Gasteiger charge is -2.40. The minimum absolute atomic E-state index is 0.469. The van der Waals surface area contributed by atoms with Crippen LogP contribution in [0.2, 0.25) is 0 Å². The van der Waals surface area contributed by atoms with E-state index in [1.165, 1.54) is 45.6 Å². The van der Waals surface area contributed by atoms with Crippen molar-refractivity contribution in [1.82, 2.24) is 10.2 Å². The number of nitrogens with one attached hydrogen (secondary N) is 1. The summed E-state index contributed by atoms with van der Waals surface area (Å²) in [6, 6.07) is 0. The van der Waals surface area contributed by atoms with Crippen LogP contribution in [0.3, 0.4) is 0 Å². The highest BCUT2D eigenvalue weighted by Crippen LogP contribution is 2.34. The summed E-state index contributed by atoms with van der Waals surface area (Å²) in [4.78, 5) is 2.70. The van der Waals surface area contributed by atoms with Crippen LogP contribution in [0.5, 0.6) is 0 Å². The highest BCUT2D eigenvalue weighted by molar-refractivity contribution is 4.88. The van der Waals surface area contributed by atoms with Gasteiger partial charge in [-0.1, -0.05) is 27.7 Å². The van der Waals surface area contributed by atoms with Crippen molar-refractivity contribution in [2.24, 2.45) is 23.2 Å². The Morgan fingerprint density at radius 1 is 1.18 bits per heavy atom. The topological polar surface area (TPSA) is 15.3 Å². The molecule has 0 aromatic heterocycles. The van der Waals surface area contributed by atoms with Gasteiger partial charge in [0.05, 0.1) is 0 Å². The van der Waals surface area contributed by atoms with E-state index in [1.807, 2.05) is 0 Å². The predicted molar refractivity (Wildman–Crippen MR) is 74.1 cm³/mol. The van der Waals surface area contributed by atoms with Crippen molar-refractivity contribution < 1.29 is 0 Å². The molecule has 0 bridgehead atoms. The van der Waals surface area contributed by atoms with Crippen molar-refractivity contribution in [3.63, 3.8) is 0 Å². The van der Waals surface area contributed by atoms with Crippen molar-refractivity contribution >= 4 is 0 Å². The smallest absolute Gasteiger partial charge is 0.00360 e. The number of likely N-dealkylation sites (tertiary alicyclic amines) is 1. The molecule has 2 saturated heterocycles. The monoisotopic (exact) mass is 238 g/mol. The van der Waals surface area contributed by atoms with Gasteiger partial charge in [-0.3, -0.25) is 0 Å². The Morgan fingerprint density at radius 2 is 1.82 bits per heavy atom. The molecular formula is C15H30N2. The molecule has 2 fully saturated rings. The average Bonchev–Trinajstić information content (AvgIpc) is 2.58. The van der Waals surface area contributed by atoms with Gasteiger partial charge in [-0.05, 0) is 49.1 Å². The maximum absolute atomic E-state index is 3.56. The van der Waals surface area contributed by atoms with E-state index in [1.54, 1.807) is 0 Å². The first-order chi connectivity index (χ1) is 7.99. The lowest BCUT2D eigenvalue weighted by Crippen LogP contribution is -2.44. The van der Waals surface area contributed by atoms with Gasteiger partial charge in [0.1, 0.15) is 0 Å². The fourth-order valence-electron chi connectivity index (χ4n) is 3.60. The molecule has 0 aliphatic carbocycles. The lowest BCUT2D eigenvalue weighted by molar-refractivity contribution is 0.111. The van der Waals surface area contributed by atoms with Crippen molar-refractivity contribution in [3.8, 4) is 0 Å². The maximum Gasteiger partial charge on any atom is 0.00360 e. The number of piperidine rings is 1. The SMILES string of the molecule is CC1CN(CC(C)(C)C2CCCNC2)CC1C. The summed E-state index contributed by atoms with van der Waals surface area (Å²) in [5.74, 6) is 2.63. The summed E-state index contributed by atoms with van der Waals surface area (Å²) in [5, 5.41) is 3.56. The van der Waals surface area contributed by atoms with Crippen molar-refractivity contribution in [2.75, 3.05) is 32.7 Å². The number of hydrogen-bond donors (Lipinski definition) is 1. The fraction of sp³-hybridized carbons (Fsp3) is 1.00. The molecule has 3 unspecified atom stereocenters. The van der Waals surface area contributed by atoms with E-state index in [9.17, 15) is 0 Å². The van der Waals surface area contributed by atoms with Gasteiger partial charge < -0.3 is 10.2 Å². The van der Waals surface area contributed by atoms with Crippen LogP contribution in [0.4, 0.5) is 0 Å². The van der Waals surface area contributed by atoms with Crippen molar-refractivity contribution in [3.05, 3.63) is 0 Å². The van der Waals surface area contributed by atoms with Gasteiger partial charge in [-0.2, -0.15) is 0 Å². The third-order valence-corrected chi connectivity index (χ3v) is 5.10. The third kappa shape index (κ3) is 3.23. The quantitative estimate of drug-likeness (QED) is 0.813. The van der Waals surface area contributed by atoms with Crippen LogP contribution < -0.4 is 5.32 Å². The summed E-state index contributed by atoms with van der Waals surface area (Å²) < 4.78 is 0. The van der Waals surface area contributed by atoms with Crippen LogP contribution in [0.1, 0.15) is 40.5 Å². The van der Waals surface area contributed by atoms with E-state index in [0.29, 0.717) is 5.41 Å². The molecule has 0 amide bonds. The maximum atomic E-state index is 3.56. The number of nitrogens with zero attached hydrogens (tertiary/aromatic N) is 1. The van der Waals surface area contributed by atoms with Gasteiger partial charge in [-0.15, -0.1) is 0 Å². The van der Waals surface area contributed by atoms with Gasteiger partial charge in [0, 0.05) is 19.6 Å². The molecule has 2 nitrogen and oxygen atoms in total. The standard InChI is InChI=1S/C15H30N2/c1-12-9-17(10-13(12)2)11-15(3,4)14-6-5-7-16-8-14/h12-14,16H,5-11H2,1-4H3. The molecule has 17 heavy (non-hydrogen) atoms. The molecule has 1 N–H and O–H groups in total. The number of rotatable bonds is 3. The summed E-state index contributed by atoms with van der Waals surface area (Å²) in [7, 11) is 0. The molecule has 0 radical (unpaired) electrons. The zero-order valence-electron chi connectivity index (χ0n) is 12.1. The van der Waals surface area contributed by atoms with Gasteiger partial charge >= 0.3 is 0 Å². The Kier molecular flexibility index (Phi) is 4.14. The number of hydrogen-bond acceptors (Lipinski definition) is 2. The zero-order chi connectivity index (χ0) is 12.5. The largest absolute Gasteiger partial charge is 0.316 e. The highest BCUT2D eigenvalue weighted by atomic mass is 15.2. The van der Waals surface area contributed by atoms with Gasteiger partial charge in [0.15, 0.2) is 0 Å². The Hall–Kier alpha value is -0.0800. The van der Waals surface area contributed by atoms with Crippen LogP contribution in [0, 0.1) is 23.2 Å². The van der Waals surface area contributed by atoms with E-state index in [-0.39, 0.29) is 0 Å². The Bertz CT molecular complexity index is 233. The van der Waals surface area contributed by atoms with Crippen LogP contribution in [-0.2, 0) is 0 Å². The van der Waals surface area contributed by atoms with E-state index in [2.05, 4.69) is 37.9 Å². The van der Waals surface area contributed by atoms with E-state index >= 15 is 0 Å². The third-order valence-electron chi connectivity index (χ3n) is 5.10. The molecule has 0 spiro atoms. The highest BCUT2D eigenvalue weighted by Gasteiger charge is 2.35. The van der Waals surface area contributed by atoms with Crippen LogP contribution >= 0.6 is 0 Å². The summed E-state index contributed by atoms with van der Waals surface area (Å²) in [5.41, 5.74) is 0.469. The molecule has 3 atom stereocenters. The molecule has 0 saturated carbocycles. The second-order valence-electron chi connectivity index (χ2n) is 7.18. The second kappa shape index (κ2) is 5.27. The summed E-state index contributed by atoms with van der Waals surface area (Å²) >= 11 is 0. The normalized spacial score (nSPS) is 36.4. The first-order valence-electron chi connectivity index (χ1n) is 7.42. The Balaban J connectivity index is 1.88. The summed E-state index contributed by atoms with van der Waals surface area (Å²) in [6.45, 7) is 16.1. The molecule has 2 aliphatic heterocycles. The molecule has 0 aromatic rings. The molecule has 100 valence electrons. The first kappa shape index (κ1) is 13.4. The van der Waals surface area contributed by atoms with Crippen LogP contribution in [0.25, 0.3) is 0 Å². The molecule has 2 aliphatic rings. The average molecular weight is 238 g/mol. The summed E-state index contributed by atoms with van der Waals surface area (Å²) in [6.07, 6.45) is 2.78. The van der Waals surface area contributed by atoms with Crippen LogP contribution in [0.15, 0.2) is 0 Å². The molecule has 2 heterocycles. The van der Waals surface area contributed by atoms with Gasteiger partial charge in [0.25, 0.3) is 0 Å². The van der Waals surface area contributed by atoms with Gasteiger partial charge in [-0.25, -0.2) is 0 Å². The minimum Gasteiger partial charge on any atom is -0.316 e. The second-order valence-corrected chi connectivity index (χ2v) is 7.18. The molecule has 2 heteroatoms. The minimum atomic E-state index is 0.469. The van der Waals surface area contributed by atoms with E-state index < -0.39 is 0 Å². The fourth-order valence-corrected chi connectivity index (χ4v) is 3.60. The Morgan fingerprint density at radius 3 is 2.35 bits per heavy atom. The Labute approximate surface area is 107 Å². The van der Waals surface area contributed by atoms with Gasteiger partial charge in [0.2, 0.25) is 0 Å². The van der Waals surface area contributed by atoms with Crippen molar-refractivity contribution in [2.45, 2.75) is 40.5 Å². The van der Waals surface area contributed by atoms with Crippen LogP contribution in [-0.4, -0.2) is 37.6 Å².